The molecule has 1 aromatic carbocycles. The van der Waals surface area contributed by atoms with Crippen molar-refractivity contribution in [3.05, 3.63) is 35.4 Å². The Balaban J connectivity index is 1.76. The molecule has 0 aliphatic carbocycles. The summed E-state index contributed by atoms with van der Waals surface area (Å²) in [7, 11) is 2.26. The molecule has 1 heterocycles. The highest BCUT2D eigenvalue weighted by atomic mass is 15.2. The Kier molecular flexibility index (Phi) is 6.22. The highest BCUT2D eigenvalue weighted by Crippen LogP contribution is 2.19. The number of nitrogens with two attached hydrogens (primary N) is 1. The maximum atomic E-state index is 6.33. The first kappa shape index (κ1) is 16.5. The summed E-state index contributed by atoms with van der Waals surface area (Å²) in [5, 5.41) is 0. The largest absolute Gasteiger partial charge is 0.324 e. The standard InChI is InChI=1S/C18H31N3/c1-4-21-13-9-17(10-14-21)20(3)12-11-18(19)16-7-5-15(2)6-8-16/h5-8,17-18H,4,9-14,19H2,1-3H3. The van der Waals surface area contributed by atoms with Gasteiger partial charge in [-0.25, -0.2) is 0 Å². The highest BCUT2D eigenvalue weighted by Gasteiger charge is 2.21. The van der Waals surface area contributed by atoms with E-state index in [-0.39, 0.29) is 6.04 Å². The lowest BCUT2D eigenvalue weighted by Crippen LogP contribution is -2.43. The summed E-state index contributed by atoms with van der Waals surface area (Å²) in [6.45, 7) is 9.14. The van der Waals surface area contributed by atoms with Crippen LogP contribution in [0.1, 0.15) is 43.4 Å². The SMILES string of the molecule is CCN1CCC(N(C)CCC(N)c2ccc(C)cc2)CC1. The van der Waals surface area contributed by atoms with Gasteiger partial charge in [0.1, 0.15) is 0 Å². The van der Waals surface area contributed by atoms with Crippen molar-refractivity contribution in [2.75, 3.05) is 33.2 Å². The van der Waals surface area contributed by atoms with E-state index in [0.29, 0.717) is 0 Å². The smallest absolute Gasteiger partial charge is 0.0307 e. The predicted octanol–water partition coefficient (Wildman–Crippen LogP) is 2.80. The Morgan fingerprint density at radius 2 is 1.86 bits per heavy atom. The number of rotatable bonds is 6. The number of hydrogen-bond donors (Lipinski definition) is 1. The summed E-state index contributed by atoms with van der Waals surface area (Å²) in [6.07, 6.45) is 3.63. The van der Waals surface area contributed by atoms with Crippen LogP contribution in [0.15, 0.2) is 24.3 Å². The first-order valence-electron chi connectivity index (χ1n) is 8.35. The van der Waals surface area contributed by atoms with Crippen LogP contribution in [0.25, 0.3) is 0 Å². The fraction of sp³-hybridized carbons (Fsp3) is 0.667. The van der Waals surface area contributed by atoms with Crippen LogP contribution in [0.4, 0.5) is 0 Å². The van der Waals surface area contributed by atoms with E-state index in [0.717, 1.165) is 19.0 Å². The number of benzene rings is 1. The topological polar surface area (TPSA) is 32.5 Å². The summed E-state index contributed by atoms with van der Waals surface area (Å²) in [6, 6.07) is 9.53. The zero-order valence-electron chi connectivity index (χ0n) is 13.9. The lowest BCUT2D eigenvalue weighted by atomic mass is 10.0. The third-order valence-corrected chi connectivity index (χ3v) is 4.93. The molecule has 1 fully saturated rings. The van der Waals surface area contributed by atoms with Crippen molar-refractivity contribution in [1.82, 2.24) is 9.80 Å². The normalized spacial score (nSPS) is 19.1. The van der Waals surface area contributed by atoms with E-state index in [1.54, 1.807) is 0 Å². The van der Waals surface area contributed by atoms with Gasteiger partial charge in [0.15, 0.2) is 0 Å². The monoisotopic (exact) mass is 289 g/mol. The Morgan fingerprint density at radius 3 is 2.43 bits per heavy atom. The molecule has 0 radical (unpaired) electrons. The van der Waals surface area contributed by atoms with E-state index >= 15 is 0 Å². The summed E-state index contributed by atoms with van der Waals surface area (Å²) in [5.74, 6) is 0. The molecule has 1 saturated heterocycles. The number of nitrogens with zero attached hydrogens (tertiary/aromatic N) is 2. The lowest BCUT2D eigenvalue weighted by Gasteiger charge is -2.36. The summed E-state index contributed by atoms with van der Waals surface area (Å²) in [5.41, 5.74) is 8.89. The van der Waals surface area contributed by atoms with Gasteiger partial charge in [0.2, 0.25) is 0 Å². The van der Waals surface area contributed by atoms with Gasteiger partial charge < -0.3 is 15.5 Å². The molecule has 1 aromatic rings. The second-order valence-corrected chi connectivity index (χ2v) is 6.45. The van der Waals surface area contributed by atoms with Crippen LogP contribution >= 0.6 is 0 Å². The molecule has 0 saturated carbocycles. The fourth-order valence-electron chi connectivity index (χ4n) is 3.18. The van der Waals surface area contributed by atoms with Crippen molar-refractivity contribution in [2.24, 2.45) is 5.73 Å². The van der Waals surface area contributed by atoms with Gasteiger partial charge >= 0.3 is 0 Å². The van der Waals surface area contributed by atoms with Crippen molar-refractivity contribution in [3.8, 4) is 0 Å². The van der Waals surface area contributed by atoms with E-state index in [9.17, 15) is 0 Å². The van der Waals surface area contributed by atoms with Crippen LogP contribution in [0.5, 0.6) is 0 Å². The molecule has 1 unspecified atom stereocenters. The molecule has 1 atom stereocenters. The Morgan fingerprint density at radius 1 is 1.24 bits per heavy atom. The van der Waals surface area contributed by atoms with Crippen LogP contribution in [-0.2, 0) is 0 Å². The summed E-state index contributed by atoms with van der Waals surface area (Å²) >= 11 is 0. The highest BCUT2D eigenvalue weighted by molar-refractivity contribution is 5.23. The first-order valence-corrected chi connectivity index (χ1v) is 8.35. The molecule has 2 rings (SSSR count). The van der Waals surface area contributed by atoms with Crippen LogP contribution in [0.2, 0.25) is 0 Å². The van der Waals surface area contributed by atoms with E-state index < -0.39 is 0 Å². The summed E-state index contributed by atoms with van der Waals surface area (Å²) in [4.78, 5) is 5.06. The second kappa shape index (κ2) is 7.92. The van der Waals surface area contributed by atoms with Gasteiger partial charge in [0.25, 0.3) is 0 Å². The van der Waals surface area contributed by atoms with Crippen molar-refractivity contribution in [3.63, 3.8) is 0 Å². The van der Waals surface area contributed by atoms with Crippen molar-refractivity contribution < 1.29 is 0 Å². The van der Waals surface area contributed by atoms with Crippen LogP contribution in [-0.4, -0.2) is 49.1 Å². The molecule has 3 heteroatoms. The van der Waals surface area contributed by atoms with Gasteiger partial charge in [0.05, 0.1) is 0 Å². The maximum Gasteiger partial charge on any atom is 0.0307 e. The van der Waals surface area contributed by atoms with Gasteiger partial charge in [-0.3, -0.25) is 0 Å². The molecule has 2 N–H and O–H groups in total. The van der Waals surface area contributed by atoms with E-state index in [4.69, 9.17) is 5.73 Å². The molecule has 0 aromatic heterocycles. The zero-order valence-corrected chi connectivity index (χ0v) is 13.9. The molecule has 1 aliphatic heterocycles. The Labute approximate surface area is 130 Å². The lowest BCUT2D eigenvalue weighted by molar-refractivity contribution is 0.129. The minimum Gasteiger partial charge on any atom is -0.324 e. The number of aryl methyl sites for hydroxylation is 1. The van der Waals surface area contributed by atoms with Gasteiger partial charge in [0, 0.05) is 12.1 Å². The molecule has 0 amide bonds. The molecular formula is C18H31N3. The fourth-order valence-corrected chi connectivity index (χ4v) is 3.18. The summed E-state index contributed by atoms with van der Waals surface area (Å²) < 4.78 is 0. The average Bonchev–Trinajstić information content (AvgIpc) is 2.53. The maximum absolute atomic E-state index is 6.33. The van der Waals surface area contributed by atoms with E-state index in [1.165, 1.54) is 43.6 Å². The van der Waals surface area contributed by atoms with Crippen molar-refractivity contribution in [2.45, 2.75) is 45.2 Å². The van der Waals surface area contributed by atoms with E-state index in [1.807, 2.05) is 0 Å². The minimum atomic E-state index is 0.156. The Bertz CT molecular complexity index is 407. The number of hydrogen-bond acceptors (Lipinski definition) is 3. The van der Waals surface area contributed by atoms with Gasteiger partial charge in [-0.1, -0.05) is 36.8 Å². The van der Waals surface area contributed by atoms with Crippen molar-refractivity contribution >= 4 is 0 Å². The number of piperidine rings is 1. The molecule has 0 bridgehead atoms. The minimum absolute atomic E-state index is 0.156. The average molecular weight is 289 g/mol. The van der Waals surface area contributed by atoms with Gasteiger partial charge in [-0.05, 0) is 65.0 Å². The van der Waals surface area contributed by atoms with Gasteiger partial charge in [-0.2, -0.15) is 0 Å². The first-order chi connectivity index (χ1) is 10.1. The predicted molar refractivity (Wildman–Crippen MR) is 90.5 cm³/mol. The van der Waals surface area contributed by atoms with Crippen LogP contribution in [0, 0.1) is 6.92 Å². The molecule has 0 spiro atoms. The molecule has 1 aliphatic rings. The zero-order chi connectivity index (χ0) is 15.2. The second-order valence-electron chi connectivity index (χ2n) is 6.45. The molecule has 118 valence electrons. The molecule has 21 heavy (non-hydrogen) atoms. The molecule has 3 nitrogen and oxygen atoms in total. The van der Waals surface area contributed by atoms with Crippen LogP contribution < -0.4 is 5.73 Å². The van der Waals surface area contributed by atoms with E-state index in [2.05, 4.69) is 55.0 Å². The quantitative estimate of drug-likeness (QED) is 0.874. The Hall–Kier alpha value is -0.900. The van der Waals surface area contributed by atoms with Gasteiger partial charge in [-0.15, -0.1) is 0 Å². The molecular weight excluding hydrogens is 258 g/mol. The van der Waals surface area contributed by atoms with Crippen LogP contribution in [0.3, 0.4) is 0 Å². The third-order valence-electron chi connectivity index (χ3n) is 4.93. The number of likely N-dealkylation sites (tertiary alicyclic amines) is 1. The third kappa shape index (κ3) is 4.80. The van der Waals surface area contributed by atoms with Crippen molar-refractivity contribution in [1.29, 1.82) is 0 Å².